The molecule has 2 heterocycles. The Bertz CT molecular complexity index is 560. The Morgan fingerprint density at radius 1 is 1.53 bits per heavy atom. The Morgan fingerprint density at radius 2 is 2.29 bits per heavy atom. The van der Waals surface area contributed by atoms with Gasteiger partial charge in [0.25, 0.3) is 0 Å². The molecule has 0 radical (unpaired) electrons. The zero-order chi connectivity index (χ0) is 12.4. The molecule has 2 rings (SSSR count). The highest BCUT2D eigenvalue weighted by molar-refractivity contribution is 6.06. The average Bonchev–Trinajstić information content (AvgIpc) is 2.66. The summed E-state index contributed by atoms with van der Waals surface area (Å²) in [7, 11) is 1.75. The summed E-state index contributed by atoms with van der Waals surface area (Å²) in [5, 5.41) is 3.80. The second kappa shape index (κ2) is 4.55. The Kier molecular flexibility index (Phi) is 3.10. The number of hydrogen-bond donors (Lipinski definition) is 2. The van der Waals surface area contributed by atoms with E-state index in [-0.39, 0.29) is 12.2 Å². The molecular weight excluding hydrogens is 218 g/mol. The van der Waals surface area contributed by atoms with E-state index in [0.29, 0.717) is 23.7 Å². The Morgan fingerprint density at radius 3 is 2.94 bits per heavy atom. The Balaban J connectivity index is 2.59. The van der Waals surface area contributed by atoms with Gasteiger partial charge in [-0.25, -0.2) is 4.98 Å². The van der Waals surface area contributed by atoms with Crippen molar-refractivity contribution in [1.82, 2.24) is 4.98 Å². The second-order valence-electron chi connectivity index (χ2n) is 3.82. The van der Waals surface area contributed by atoms with Crippen molar-refractivity contribution in [3.63, 3.8) is 0 Å². The number of Topliss-reactive ketones (excluding diaryl/α,β-unsaturated/α-hetero) is 1. The first-order chi connectivity index (χ1) is 8.17. The number of ketones is 1. The van der Waals surface area contributed by atoms with Crippen molar-refractivity contribution >= 4 is 22.6 Å². The van der Waals surface area contributed by atoms with Crippen LogP contribution in [0.25, 0.3) is 11.1 Å². The number of anilines is 1. The van der Waals surface area contributed by atoms with Crippen molar-refractivity contribution in [2.45, 2.75) is 13.3 Å². The maximum Gasteiger partial charge on any atom is 0.229 e. The van der Waals surface area contributed by atoms with E-state index in [2.05, 4.69) is 10.3 Å². The molecule has 90 valence electrons. The minimum absolute atomic E-state index is 0.104. The second-order valence-corrected chi connectivity index (χ2v) is 3.82. The maximum absolute atomic E-state index is 11.8. The lowest BCUT2D eigenvalue weighted by Gasteiger charge is -1.99. The molecule has 0 aliphatic rings. The van der Waals surface area contributed by atoms with E-state index in [1.807, 2.05) is 19.1 Å². The fraction of sp³-hybridized carbons (Fsp3) is 0.333. The molecule has 0 saturated carbocycles. The molecule has 0 atom stereocenters. The predicted octanol–water partition coefficient (Wildman–Crippen LogP) is 1.71. The first-order valence-corrected chi connectivity index (χ1v) is 5.48. The van der Waals surface area contributed by atoms with Crippen LogP contribution in [0.2, 0.25) is 0 Å². The van der Waals surface area contributed by atoms with Crippen molar-refractivity contribution in [2.24, 2.45) is 5.73 Å². The van der Waals surface area contributed by atoms with Crippen LogP contribution >= 0.6 is 0 Å². The van der Waals surface area contributed by atoms with Crippen molar-refractivity contribution in [3.8, 4) is 0 Å². The van der Waals surface area contributed by atoms with E-state index in [9.17, 15) is 4.79 Å². The molecule has 0 saturated heterocycles. The molecule has 0 amide bonds. The fourth-order valence-corrected chi connectivity index (χ4v) is 1.76. The smallest absolute Gasteiger partial charge is 0.229 e. The largest absolute Gasteiger partial charge is 0.432 e. The zero-order valence-corrected chi connectivity index (χ0v) is 9.91. The van der Waals surface area contributed by atoms with Gasteiger partial charge in [-0.05, 0) is 25.6 Å². The van der Waals surface area contributed by atoms with Crippen LogP contribution in [0.4, 0.5) is 5.69 Å². The summed E-state index contributed by atoms with van der Waals surface area (Å²) in [4.78, 5) is 16.1. The van der Waals surface area contributed by atoms with E-state index < -0.39 is 0 Å². The van der Waals surface area contributed by atoms with Gasteiger partial charge in [0.15, 0.2) is 5.76 Å². The van der Waals surface area contributed by atoms with E-state index in [1.165, 1.54) is 0 Å². The quantitative estimate of drug-likeness (QED) is 0.786. The third-order valence-corrected chi connectivity index (χ3v) is 2.57. The molecule has 5 nitrogen and oxygen atoms in total. The number of carbonyl (C=O) groups excluding carboxylic acids is 1. The van der Waals surface area contributed by atoms with Crippen LogP contribution in [-0.4, -0.2) is 24.4 Å². The van der Waals surface area contributed by atoms with Crippen molar-refractivity contribution in [3.05, 3.63) is 23.6 Å². The molecule has 0 aromatic carbocycles. The first kappa shape index (κ1) is 11.6. The Hall–Kier alpha value is -1.88. The van der Waals surface area contributed by atoms with Crippen LogP contribution in [0.5, 0.6) is 0 Å². The number of pyridine rings is 1. The number of furan rings is 1. The van der Waals surface area contributed by atoms with Gasteiger partial charge in [-0.2, -0.15) is 0 Å². The summed E-state index contributed by atoms with van der Waals surface area (Å²) in [6, 6.07) is 3.78. The molecule has 0 bridgehead atoms. The van der Waals surface area contributed by atoms with Gasteiger partial charge in [-0.1, -0.05) is 0 Å². The van der Waals surface area contributed by atoms with Crippen LogP contribution in [-0.2, 0) is 0 Å². The summed E-state index contributed by atoms with van der Waals surface area (Å²) in [5.41, 5.74) is 7.40. The zero-order valence-electron chi connectivity index (χ0n) is 9.91. The standard InChI is InChI=1S/C12H15N3O2/c1-7-3-4-8-10(14-2)11(9(16)5-6-13)17-12(8)15-7/h3-4,14H,5-6,13H2,1-2H3. The molecule has 2 aromatic heterocycles. The maximum atomic E-state index is 11.8. The molecule has 0 fully saturated rings. The average molecular weight is 233 g/mol. The molecule has 17 heavy (non-hydrogen) atoms. The summed E-state index contributed by atoms with van der Waals surface area (Å²) in [6.07, 6.45) is 0.271. The number of carbonyl (C=O) groups is 1. The summed E-state index contributed by atoms with van der Waals surface area (Å²) in [5.74, 6) is 0.207. The number of nitrogens with two attached hydrogens (primary N) is 1. The lowest BCUT2D eigenvalue weighted by molar-refractivity contribution is 0.0961. The number of hydrogen-bond acceptors (Lipinski definition) is 5. The summed E-state index contributed by atoms with van der Waals surface area (Å²) >= 11 is 0. The highest BCUT2D eigenvalue weighted by Gasteiger charge is 2.19. The molecule has 3 N–H and O–H groups in total. The lowest BCUT2D eigenvalue weighted by atomic mass is 10.1. The first-order valence-electron chi connectivity index (χ1n) is 5.48. The van der Waals surface area contributed by atoms with Crippen LogP contribution in [0.15, 0.2) is 16.5 Å². The Labute approximate surface area is 99.0 Å². The van der Waals surface area contributed by atoms with E-state index >= 15 is 0 Å². The third kappa shape index (κ3) is 2.01. The lowest BCUT2D eigenvalue weighted by Crippen LogP contribution is -2.08. The molecular formula is C12H15N3O2. The number of aromatic nitrogens is 1. The predicted molar refractivity (Wildman–Crippen MR) is 66.3 cm³/mol. The van der Waals surface area contributed by atoms with Crippen LogP contribution in [0.3, 0.4) is 0 Å². The van der Waals surface area contributed by atoms with Gasteiger partial charge in [-0.3, -0.25) is 4.79 Å². The summed E-state index contributed by atoms with van der Waals surface area (Å²) in [6.45, 7) is 2.19. The van der Waals surface area contributed by atoms with Gasteiger partial charge in [0.1, 0.15) is 0 Å². The number of fused-ring (bicyclic) bond motifs is 1. The third-order valence-electron chi connectivity index (χ3n) is 2.57. The van der Waals surface area contributed by atoms with Gasteiger partial charge < -0.3 is 15.5 Å². The van der Waals surface area contributed by atoms with Gasteiger partial charge in [-0.15, -0.1) is 0 Å². The molecule has 5 heteroatoms. The van der Waals surface area contributed by atoms with Gasteiger partial charge in [0.2, 0.25) is 11.5 Å². The van der Waals surface area contributed by atoms with Gasteiger partial charge >= 0.3 is 0 Å². The monoisotopic (exact) mass is 233 g/mol. The van der Waals surface area contributed by atoms with E-state index in [4.69, 9.17) is 10.2 Å². The minimum Gasteiger partial charge on any atom is -0.432 e. The van der Waals surface area contributed by atoms with Crippen LogP contribution in [0.1, 0.15) is 22.7 Å². The number of rotatable bonds is 4. The number of aryl methyl sites for hydroxylation is 1. The highest BCUT2D eigenvalue weighted by Crippen LogP contribution is 2.30. The van der Waals surface area contributed by atoms with Crippen molar-refractivity contribution in [1.29, 1.82) is 0 Å². The number of nitrogens with one attached hydrogen (secondary N) is 1. The molecule has 0 aliphatic heterocycles. The molecule has 2 aromatic rings. The van der Waals surface area contributed by atoms with Gasteiger partial charge in [0, 0.05) is 19.2 Å². The van der Waals surface area contributed by atoms with E-state index in [1.54, 1.807) is 7.05 Å². The fourth-order valence-electron chi connectivity index (χ4n) is 1.76. The van der Waals surface area contributed by atoms with Crippen LogP contribution in [0, 0.1) is 6.92 Å². The van der Waals surface area contributed by atoms with Crippen molar-refractivity contribution < 1.29 is 9.21 Å². The van der Waals surface area contributed by atoms with E-state index in [0.717, 1.165) is 11.1 Å². The minimum atomic E-state index is -0.104. The highest BCUT2D eigenvalue weighted by atomic mass is 16.4. The van der Waals surface area contributed by atoms with Gasteiger partial charge in [0.05, 0.1) is 11.1 Å². The normalized spacial score (nSPS) is 10.8. The topological polar surface area (TPSA) is 81.2 Å². The SMILES string of the molecule is CNc1c(C(=O)CCN)oc2nc(C)ccc12. The summed E-state index contributed by atoms with van der Waals surface area (Å²) < 4.78 is 5.51. The molecule has 0 aliphatic carbocycles. The molecule has 0 unspecified atom stereocenters. The van der Waals surface area contributed by atoms with Crippen LogP contribution < -0.4 is 11.1 Å². The molecule has 0 spiro atoms. The number of nitrogens with zero attached hydrogens (tertiary/aromatic N) is 1. The van der Waals surface area contributed by atoms with Crippen molar-refractivity contribution in [2.75, 3.05) is 18.9 Å².